The molecule has 0 spiro atoms. The van der Waals surface area contributed by atoms with Gasteiger partial charge in [-0.05, 0) is 24.1 Å². The molecule has 0 aliphatic heterocycles. The second kappa shape index (κ2) is 5.95. The zero-order chi connectivity index (χ0) is 12.9. The lowest BCUT2D eigenvalue weighted by Gasteiger charge is -2.11. The van der Waals surface area contributed by atoms with E-state index in [-0.39, 0.29) is 11.7 Å². The van der Waals surface area contributed by atoms with Gasteiger partial charge in [0.25, 0.3) is 0 Å². The minimum absolute atomic E-state index is 0.00319. The molecule has 1 atom stereocenters. The highest BCUT2D eigenvalue weighted by Crippen LogP contribution is 2.13. The van der Waals surface area contributed by atoms with Crippen LogP contribution in [-0.4, -0.2) is 20.1 Å². The third-order valence-corrected chi connectivity index (χ3v) is 4.15. The first kappa shape index (κ1) is 13.9. The van der Waals surface area contributed by atoms with Crippen molar-refractivity contribution in [2.24, 2.45) is 5.92 Å². The molecule has 1 rings (SSSR count). The molecule has 0 radical (unpaired) electrons. The highest BCUT2D eigenvalue weighted by molar-refractivity contribution is 7.92. The summed E-state index contributed by atoms with van der Waals surface area (Å²) in [5, 5.41) is 0. The van der Waals surface area contributed by atoms with Crippen LogP contribution in [0.5, 0.6) is 0 Å². The minimum Gasteiger partial charge on any atom is -0.284 e. The molecule has 0 saturated carbocycles. The molecule has 0 aromatic heterocycles. The number of terminal acetylenes is 1. The van der Waals surface area contributed by atoms with E-state index in [2.05, 4.69) is 10.6 Å². The highest BCUT2D eigenvalue weighted by atomic mass is 35.5. The number of alkyl halides is 1. The Kier molecular flexibility index (Phi) is 4.86. The van der Waals surface area contributed by atoms with Gasteiger partial charge in [-0.25, -0.2) is 8.42 Å². The number of anilines is 1. The Morgan fingerprint density at radius 2 is 2.24 bits per heavy atom. The topological polar surface area (TPSA) is 46.2 Å². The van der Waals surface area contributed by atoms with Crippen molar-refractivity contribution in [3.63, 3.8) is 0 Å². The van der Waals surface area contributed by atoms with E-state index in [0.29, 0.717) is 17.1 Å². The molecule has 3 nitrogen and oxygen atoms in total. The van der Waals surface area contributed by atoms with Gasteiger partial charge in [0.2, 0.25) is 10.0 Å². The molecule has 1 aromatic carbocycles. The van der Waals surface area contributed by atoms with Crippen LogP contribution in [0.25, 0.3) is 0 Å². The second-order valence-corrected chi connectivity index (χ2v) is 5.94. The minimum atomic E-state index is -3.37. The normalized spacial score (nSPS) is 12.8. The number of nitrogens with one attached hydrogen (secondary N) is 1. The van der Waals surface area contributed by atoms with Crippen molar-refractivity contribution in [1.82, 2.24) is 0 Å². The Labute approximate surface area is 107 Å². The summed E-state index contributed by atoms with van der Waals surface area (Å²) in [4.78, 5) is 0. The third-order valence-electron chi connectivity index (χ3n) is 2.07. The molecule has 1 N–H and O–H groups in total. The van der Waals surface area contributed by atoms with Gasteiger partial charge in [-0.3, -0.25) is 4.72 Å². The smallest absolute Gasteiger partial charge is 0.233 e. The van der Waals surface area contributed by atoms with Gasteiger partial charge in [-0.1, -0.05) is 18.9 Å². The predicted octanol–water partition coefficient (Wildman–Crippen LogP) is 2.28. The largest absolute Gasteiger partial charge is 0.284 e. The predicted molar refractivity (Wildman–Crippen MR) is 71.7 cm³/mol. The average Bonchev–Trinajstić information content (AvgIpc) is 2.27. The second-order valence-electron chi connectivity index (χ2n) is 3.87. The number of hydrogen-bond acceptors (Lipinski definition) is 2. The van der Waals surface area contributed by atoms with Crippen LogP contribution < -0.4 is 4.72 Å². The maximum atomic E-state index is 11.7. The molecule has 1 unspecified atom stereocenters. The van der Waals surface area contributed by atoms with Crippen LogP contribution in [0.2, 0.25) is 0 Å². The first-order valence-electron chi connectivity index (χ1n) is 5.10. The SMILES string of the molecule is C#Cc1cccc(NS(=O)(=O)CC(C)CCl)c1. The summed E-state index contributed by atoms with van der Waals surface area (Å²) in [7, 11) is -3.37. The Balaban J connectivity index is 2.80. The number of sulfonamides is 1. The molecule has 1 aromatic rings. The van der Waals surface area contributed by atoms with Gasteiger partial charge < -0.3 is 0 Å². The number of rotatable bonds is 5. The summed E-state index contributed by atoms with van der Waals surface area (Å²) in [5.41, 5.74) is 1.11. The molecule has 0 amide bonds. The van der Waals surface area contributed by atoms with Crippen LogP contribution in [0, 0.1) is 18.3 Å². The molecule has 0 bridgehead atoms. The molecule has 5 heteroatoms. The van der Waals surface area contributed by atoms with Crippen LogP contribution in [0.3, 0.4) is 0 Å². The molecular formula is C12H14ClNO2S. The standard InChI is InChI=1S/C12H14ClNO2S/c1-3-11-5-4-6-12(7-11)14-17(15,16)9-10(2)8-13/h1,4-7,10,14H,8-9H2,2H3. The maximum Gasteiger partial charge on any atom is 0.233 e. The van der Waals surface area contributed by atoms with E-state index in [1.165, 1.54) is 0 Å². The van der Waals surface area contributed by atoms with E-state index in [1.807, 2.05) is 0 Å². The number of benzene rings is 1. The van der Waals surface area contributed by atoms with Crippen molar-refractivity contribution in [3.8, 4) is 12.3 Å². The lowest BCUT2D eigenvalue weighted by atomic mass is 10.2. The molecule has 0 heterocycles. The molecule has 17 heavy (non-hydrogen) atoms. The average molecular weight is 272 g/mol. The van der Waals surface area contributed by atoms with Crippen LogP contribution >= 0.6 is 11.6 Å². The Morgan fingerprint density at radius 3 is 2.82 bits per heavy atom. The van der Waals surface area contributed by atoms with Gasteiger partial charge in [-0.2, -0.15) is 0 Å². The van der Waals surface area contributed by atoms with Crippen LogP contribution in [0.4, 0.5) is 5.69 Å². The lowest BCUT2D eigenvalue weighted by molar-refractivity contribution is 0.588. The maximum absolute atomic E-state index is 11.7. The van der Waals surface area contributed by atoms with E-state index in [4.69, 9.17) is 18.0 Å². The zero-order valence-corrected chi connectivity index (χ0v) is 11.1. The van der Waals surface area contributed by atoms with Crippen LogP contribution in [0.1, 0.15) is 12.5 Å². The third kappa shape index (κ3) is 4.68. The van der Waals surface area contributed by atoms with Gasteiger partial charge in [0.05, 0.1) is 5.75 Å². The Morgan fingerprint density at radius 1 is 1.53 bits per heavy atom. The Hall–Kier alpha value is -1.18. The van der Waals surface area contributed by atoms with Crippen molar-refractivity contribution in [1.29, 1.82) is 0 Å². The van der Waals surface area contributed by atoms with Crippen molar-refractivity contribution < 1.29 is 8.42 Å². The molecule has 0 aliphatic carbocycles. The first-order chi connectivity index (χ1) is 7.96. The van der Waals surface area contributed by atoms with Crippen LogP contribution in [0.15, 0.2) is 24.3 Å². The summed E-state index contributed by atoms with van der Waals surface area (Å²) in [6.45, 7) is 1.78. The summed E-state index contributed by atoms with van der Waals surface area (Å²) in [5.74, 6) is 2.66. The van der Waals surface area contributed by atoms with E-state index >= 15 is 0 Å². The molecule has 92 valence electrons. The monoisotopic (exact) mass is 271 g/mol. The van der Waals surface area contributed by atoms with E-state index in [0.717, 1.165) is 0 Å². The summed E-state index contributed by atoms with van der Waals surface area (Å²) < 4.78 is 26.0. The molecule has 0 fully saturated rings. The number of halogens is 1. The fourth-order valence-corrected chi connectivity index (χ4v) is 2.99. The van der Waals surface area contributed by atoms with Crippen molar-refractivity contribution in [3.05, 3.63) is 29.8 Å². The quantitative estimate of drug-likeness (QED) is 0.660. The van der Waals surface area contributed by atoms with Crippen molar-refractivity contribution in [2.45, 2.75) is 6.92 Å². The van der Waals surface area contributed by atoms with E-state index < -0.39 is 10.0 Å². The van der Waals surface area contributed by atoms with Gasteiger partial charge >= 0.3 is 0 Å². The van der Waals surface area contributed by atoms with Crippen molar-refractivity contribution >= 4 is 27.3 Å². The number of hydrogen-bond donors (Lipinski definition) is 1. The molecular weight excluding hydrogens is 258 g/mol. The van der Waals surface area contributed by atoms with Gasteiger partial charge in [0.1, 0.15) is 0 Å². The van der Waals surface area contributed by atoms with Gasteiger partial charge in [0.15, 0.2) is 0 Å². The highest BCUT2D eigenvalue weighted by Gasteiger charge is 2.15. The molecule has 0 aliphatic rings. The van der Waals surface area contributed by atoms with Crippen molar-refractivity contribution in [2.75, 3.05) is 16.4 Å². The zero-order valence-electron chi connectivity index (χ0n) is 9.48. The fourth-order valence-electron chi connectivity index (χ4n) is 1.31. The van der Waals surface area contributed by atoms with Gasteiger partial charge in [-0.15, -0.1) is 18.0 Å². The molecule has 0 saturated heterocycles. The summed E-state index contributed by atoms with van der Waals surface area (Å²) in [6.07, 6.45) is 5.24. The first-order valence-corrected chi connectivity index (χ1v) is 7.28. The van der Waals surface area contributed by atoms with Gasteiger partial charge in [0, 0.05) is 17.1 Å². The Bertz CT molecular complexity index is 520. The fraction of sp³-hybridized carbons (Fsp3) is 0.333. The van der Waals surface area contributed by atoms with E-state index in [1.54, 1.807) is 31.2 Å². The lowest BCUT2D eigenvalue weighted by Crippen LogP contribution is -2.22. The van der Waals surface area contributed by atoms with Crippen LogP contribution in [-0.2, 0) is 10.0 Å². The van der Waals surface area contributed by atoms with E-state index in [9.17, 15) is 8.42 Å². The summed E-state index contributed by atoms with van der Waals surface area (Å²) >= 11 is 5.59. The summed E-state index contributed by atoms with van der Waals surface area (Å²) in [6, 6.07) is 6.71.